The first-order valence-corrected chi connectivity index (χ1v) is 7.11. The van der Waals surface area contributed by atoms with Crippen molar-refractivity contribution in [1.82, 2.24) is 10.3 Å². The van der Waals surface area contributed by atoms with Gasteiger partial charge in [0, 0.05) is 17.0 Å². The van der Waals surface area contributed by atoms with E-state index in [1.807, 2.05) is 50.2 Å². The van der Waals surface area contributed by atoms with Crippen LogP contribution in [0.25, 0.3) is 10.9 Å². The molecule has 5 heteroatoms. The molecule has 2 heterocycles. The minimum absolute atomic E-state index is 0.170. The van der Waals surface area contributed by atoms with Gasteiger partial charge in [-0.3, -0.25) is 4.79 Å². The number of carbonyl (C=O) groups is 1. The average Bonchev–Trinajstić information content (AvgIpc) is 3.12. The zero-order valence-electron chi connectivity index (χ0n) is 12.8. The van der Waals surface area contributed by atoms with Crippen LogP contribution in [0.3, 0.4) is 0 Å². The molecule has 1 amide bonds. The van der Waals surface area contributed by atoms with Crippen LogP contribution in [-0.2, 0) is 0 Å². The number of aromatic nitrogens is 1. The second-order valence-corrected chi connectivity index (χ2v) is 5.28. The zero-order valence-corrected chi connectivity index (χ0v) is 12.8. The Hall–Kier alpha value is -2.69. The quantitative estimate of drug-likeness (QED) is 0.773. The van der Waals surface area contributed by atoms with Gasteiger partial charge in [0.2, 0.25) is 0 Å². The van der Waals surface area contributed by atoms with Crippen LogP contribution in [0.1, 0.15) is 35.0 Å². The monoisotopic (exact) mass is 298 g/mol. The van der Waals surface area contributed by atoms with Gasteiger partial charge in [-0.15, -0.1) is 0 Å². The first-order chi connectivity index (χ1) is 10.6. The van der Waals surface area contributed by atoms with Gasteiger partial charge in [0.1, 0.15) is 23.0 Å². The molecule has 3 aromatic rings. The highest BCUT2D eigenvalue weighted by Gasteiger charge is 2.16. The van der Waals surface area contributed by atoms with E-state index in [1.54, 1.807) is 7.11 Å². The van der Waals surface area contributed by atoms with Gasteiger partial charge >= 0.3 is 0 Å². The number of fused-ring (bicyclic) bond motifs is 1. The summed E-state index contributed by atoms with van der Waals surface area (Å²) in [6.07, 6.45) is 0. The summed E-state index contributed by atoms with van der Waals surface area (Å²) in [5, 5.41) is 3.89. The average molecular weight is 298 g/mol. The molecule has 1 atom stereocenters. The molecule has 1 aromatic carbocycles. The van der Waals surface area contributed by atoms with Gasteiger partial charge < -0.3 is 19.5 Å². The summed E-state index contributed by atoms with van der Waals surface area (Å²) in [7, 11) is 1.62. The van der Waals surface area contributed by atoms with Gasteiger partial charge in [0.05, 0.1) is 13.2 Å². The zero-order chi connectivity index (χ0) is 15.7. The van der Waals surface area contributed by atoms with E-state index in [-0.39, 0.29) is 11.9 Å². The summed E-state index contributed by atoms with van der Waals surface area (Å²) >= 11 is 0. The molecule has 0 aliphatic heterocycles. The van der Waals surface area contributed by atoms with Crippen molar-refractivity contribution in [2.45, 2.75) is 19.9 Å². The topological polar surface area (TPSA) is 67.3 Å². The highest BCUT2D eigenvalue weighted by molar-refractivity contribution is 5.98. The summed E-state index contributed by atoms with van der Waals surface area (Å²) < 4.78 is 10.7. The fourth-order valence-corrected chi connectivity index (χ4v) is 2.39. The van der Waals surface area contributed by atoms with Gasteiger partial charge in [0.15, 0.2) is 0 Å². The number of hydrogen-bond donors (Lipinski definition) is 2. The molecule has 0 aliphatic carbocycles. The molecule has 2 aromatic heterocycles. The van der Waals surface area contributed by atoms with Crippen molar-refractivity contribution >= 4 is 16.8 Å². The number of nitrogens with one attached hydrogen (secondary N) is 2. The van der Waals surface area contributed by atoms with E-state index in [1.165, 1.54) is 0 Å². The lowest BCUT2D eigenvalue weighted by molar-refractivity contribution is 0.0931. The normalized spacial score (nSPS) is 12.3. The number of furan rings is 1. The number of amides is 1. The van der Waals surface area contributed by atoms with Crippen LogP contribution in [0.5, 0.6) is 5.75 Å². The Balaban J connectivity index is 1.79. The van der Waals surface area contributed by atoms with Crippen molar-refractivity contribution in [1.29, 1.82) is 0 Å². The van der Waals surface area contributed by atoms with E-state index in [4.69, 9.17) is 9.15 Å². The van der Waals surface area contributed by atoms with Crippen molar-refractivity contribution in [3.8, 4) is 5.75 Å². The summed E-state index contributed by atoms with van der Waals surface area (Å²) in [6, 6.07) is 11.0. The van der Waals surface area contributed by atoms with E-state index >= 15 is 0 Å². The fourth-order valence-electron chi connectivity index (χ4n) is 2.39. The van der Waals surface area contributed by atoms with E-state index in [9.17, 15) is 4.79 Å². The summed E-state index contributed by atoms with van der Waals surface area (Å²) in [5.41, 5.74) is 1.38. The lowest BCUT2D eigenvalue weighted by atomic mass is 10.2. The Labute approximate surface area is 128 Å². The van der Waals surface area contributed by atoms with Gasteiger partial charge in [0.25, 0.3) is 5.91 Å². The second-order valence-electron chi connectivity index (χ2n) is 5.28. The maximum Gasteiger partial charge on any atom is 0.268 e. The summed E-state index contributed by atoms with van der Waals surface area (Å²) in [6.45, 7) is 3.77. The predicted molar refractivity (Wildman–Crippen MR) is 84.2 cm³/mol. The number of aryl methyl sites for hydroxylation is 1. The SMILES string of the molecule is COc1ccc2cc(C(=O)NC(C)c3ccc(C)o3)[nH]c2c1. The van der Waals surface area contributed by atoms with Crippen LogP contribution < -0.4 is 10.1 Å². The molecule has 0 saturated carbocycles. The highest BCUT2D eigenvalue weighted by atomic mass is 16.5. The van der Waals surface area contributed by atoms with Crippen LogP contribution in [0, 0.1) is 6.92 Å². The van der Waals surface area contributed by atoms with Crippen molar-refractivity contribution in [2.24, 2.45) is 0 Å². The first kappa shape index (κ1) is 14.3. The molecule has 0 fully saturated rings. The van der Waals surface area contributed by atoms with Crippen molar-refractivity contribution < 1.29 is 13.9 Å². The Morgan fingerprint density at radius 1 is 1.27 bits per heavy atom. The molecule has 0 radical (unpaired) electrons. The number of aromatic amines is 1. The lowest BCUT2D eigenvalue weighted by Crippen LogP contribution is -2.26. The highest BCUT2D eigenvalue weighted by Crippen LogP contribution is 2.22. The third kappa shape index (κ3) is 2.70. The van der Waals surface area contributed by atoms with E-state index in [0.717, 1.165) is 28.2 Å². The molecule has 0 spiro atoms. The van der Waals surface area contributed by atoms with Crippen molar-refractivity contribution in [3.05, 3.63) is 53.6 Å². The number of hydrogen-bond acceptors (Lipinski definition) is 3. The standard InChI is InChI=1S/C17H18N2O3/c1-10-4-7-16(22-10)11(2)18-17(20)15-8-12-5-6-13(21-3)9-14(12)19-15/h4-9,11,19H,1-3H3,(H,18,20). The Bertz CT molecular complexity index is 816. The molecule has 1 unspecified atom stereocenters. The third-order valence-corrected chi connectivity index (χ3v) is 3.61. The minimum atomic E-state index is -0.192. The van der Waals surface area contributed by atoms with Crippen LogP contribution in [0.15, 0.2) is 40.8 Å². The van der Waals surface area contributed by atoms with Crippen molar-refractivity contribution in [2.75, 3.05) is 7.11 Å². The molecule has 0 aliphatic rings. The largest absolute Gasteiger partial charge is 0.497 e. The smallest absolute Gasteiger partial charge is 0.268 e. The van der Waals surface area contributed by atoms with Crippen LogP contribution in [0.4, 0.5) is 0 Å². The number of benzene rings is 1. The first-order valence-electron chi connectivity index (χ1n) is 7.11. The summed E-state index contributed by atoms with van der Waals surface area (Å²) in [5.74, 6) is 2.15. The van der Waals surface area contributed by atoms with E-state index in [0.29, 0.717) is 5.69 Å². The number of rotatable bonds is 4. The maximum absolute atomic E-state index is 12.3. The summed E-state index contributed by atoms with van der Waals surface area (Å²) in [4.78, 5) is 15.5. The molecular weight excluding hydrogens is 280 g/mol. The van der Waals surface area contributed by atoms with Gasteiger partial charge in [-0.1, -0.05) is 0 Å². The van der Waals surface area contributed by atoms with Crippen LogP contribution in [-0.4, -0.2) is 18.0 Å². The number of methoxy groups -OCH3 is 1. The second kappa shape index (κ2) is 5.60. The van der Waals surface area contributed by atoms with Gasteiger partial charge in [-0.05, 0) is 44.2 Å². The van der Waals surface area contributed by atoms with Crippen LogP contribution in [0.2, 0.25) is 0 Å². The molecule has 5 nitrogen and oxygen atoms in total. The number of carbonyl (C=O) groups excluding carboxylic acids is 1. The Morgan fingerprint density at radius 3 is 2.77 bits per heavy atom. The lowest BCUT2D eigenvalue weighted by Gasteiger charge is -2.10. The fraction of sp³-hybridized carbons (Fsp3) is 0.235. The van der Waals surface area contributed by atoms with Crippen molar-refractivity contribution in [3.63, 3.8) is 0 Å². The van der Waals surface area contributed by atoms with Gasteiger partial charge in [-0.25, -0.2) is 0 Å². The molecule has 114 valence electrons. The third-order valence-electron chi connectivity index (χ3n) is 3.61. The number of ether oxygens (including phenoxy) is 1. The van der Waals surface area contributed by atoms with Crippen LogP contribution >= 0.6 is 0 Å². The molecular formula is C17H18N2O3. The minimum Gasteiger partial charge on any atom is -0.497 e. The van der Waals surface area contributed by atoms with Gasteiger partial charge in [-0.2, -0.15) is 0 Å². The maximum atomic E-state index is 12.3. The molecule has 0 bridgehead atoms. The molecule has 0 saturated heterocycles. The Kier molecular flexibility index (Phi) is 3.63. The predicted octanol–water partition coefficient (Wildman–Crippen LogP) is 3.57. The number of H-pyrrole nitrogens is 1. The van der Waals surface area contributed by atoms with E-state index < -0.39 is 0 Å². The molecule has 2 N–H and O–H groups in total. The molecule has 22 heavy (non-hydrogen) atoms. The molecule has 3 rings (SSSR count). The Morgan fingerprint density at radius 2 is 2.09 bits per heavy atom. The van der Waals surface area contributed by atoms with E-state index in [2.05, 4.69) is 10.3 Å².